The van der Waals surface area contributed by atoms with Gasteiger partial charge in [0.05, 0.1) is 6.67 Å². The quantitative estimate of drug-likeness (QED) is 0.223. The molecule has 0 bridgehead atoms. The van der Waals surface area contributed by atoms with Crippen molar-refractivity contribution in [2.45, 2.75) is 123 Å². The van der Waals surface area contributed by atoms with Gasteiger partial charge in [0, 0.05) is 0 Å². The van der Waals surface area contributed by atoms with Crippen LogP contribution < -0.4 is 0 Å². The van der Waals surface area contributed by atoms with Crippen LogP contribution in [-0.2, 0) is 0 Å². The first-order valence-corrected chi connectivity index (χ1v) is 10.4. The normalized spacial score (nSPS) is 12.7. The summed E-state index contributed by atoms with van der Waals surface area (Å²) < 4.78 is 12.0. The maximum Gasteiger partial charge on any atom is 0.0894 e. The molecular weight excluding hydrogens is 271 g/mol. The van der Waals surface area contributed by atoms with E-state index in [9.17, 15) is 4.39 Å². The Labute approximate surface area is 140 Å². The van der Waals surface area contributed by atoms with Crippen molar-refractivity contribution in [2.75, 3.05) is 6.67 Å². The summed E-state index contributed by atoms with van der Waals surface area (Å²) in [6.07, 6.45) is 22.9. The third-order valence-corrected chi connectivity index (χ3v) is 4.88. The average Bonchev–Trinajstić information content (AvgIpc) is 2.52. The van der Waals surface area contributed by atoms with E-state index < -0.39 is 0 Å². The van der Waals surface area contributed by atoms with Gasteiger partial charge in [0.25, 0.3) is 0 Å². The van der Waals surface area contributed by atoms with E-state index in [1.807, 2.05) is 0 Å². The van der Waals surface area contributed by atoms with Gasteiger partial charge in [-0.3, -0.25) is 4.39 Å². The van der Waals surface area contributed by atoms with Gasteiger partial charge in [0.15, 0.2) is 0 Å². The van der Waals surface area contributed by atoms with Crippen LogP contribution in [-0.4, -0.2) is 6.67 Å². The monoisotopic (exact) mass is 314 g/mol. The third-order valence-electron chi connectivity index (χ3n) is 4.88. The summed E-state index contributed by atoms with van der Waals surface area (Å²) in [6.45, 7) is 4.55. The molecule has 0 rings (SSSR count). The van der Waals surface area contributed by atoms with Crippen LogP contribution in [0.4, 0.5) is 4.39 Å². The summed E-state index contributed by atoms with van der Waals surface area (Å²) in [4.78, 5) is 0. The highest BCUT2D eigenvalue weighted by Crippen LogP contribution is 2.18. The van der Waals surface area contributed by atoms with Gasteiger partial charge in [-0.2, -0.15) is 0 Å². The smallest absolute Gasteiger partial charge is 0.0894 e. The number of rotatable bonds is 18. The molecule has 0 aliphatic carbocycles. The van der Waals surface area contributed by atoms with Crippen LogP contribution in [0.2, 0.25) is 0 Å². The van der Waals surface area contributed by atoms with E-state index in [0.717, 1.165) is 18.8 Å². The fraction of sp³-hybridized carbons (Fsp3) is 1.00. The maximum absolute atomic E-state index is 12.0. The van der Waals surface area contributed by atoms with Crippen molar-refractivity contribution in [2.24, 2.45) is 5.92 Å². The molecule has 1 unspecified atom stereocenters. The molecule has 1 atom stereocenters. The van der Waals surface area contributed by atoms with Crippen LogP contribution in [0.5, 0.6) is 0 Å². The average molecular weight is 315 g/mol. The molecule has 0 nitrogen and oxygen atoms in total. The number of unbranched alkanes of at least 4 members (excludes halogenated alkanes) is 13. The molecule has 0 fully saturated rings. The summed E-state index contributed by atoms with van der Waals surface area (Å²) >= 11 is 0. The molecule has 0 saturated heterocycles. The number of hydrogen-bond donors (Lipinski definition) is 0. The Morgan fingerprint density at radius 2 is 0.909 bits per heavy atom. The second-order valence-corrected chi connectivity index (χ2v) is 7.32. The van der Waals surface area contributed by atoms with Crippen LogP contribution in [0.1, 0.15) is 123 Å². The van der Waals surface area contributed by atoms with E-state index in [2.05, 4.69) is 13.8 Å². The zero-order valence-electron chi connectivity index (χ0n) is 15.7. The SMILES string of the molecule is CCCCCCCCCCCCCC(C)CCCCCCF. The predicted octanol–water partition coefficient (Wildman–Crippen LogP) is 8.24. The van der Waals surface area contributed by atoms with Crippen molar-refractivity contribution in [3.05, 3.63) is 0 Å². The summed E-state index contributed by atoms with van der Waals surface area (Å²) in [5, 5.41) is 0. The van der Waals surface area contributed by atoms with Crippen molar-refractivity contribution in [1.82, 2.24) is 0 Å². The highest BCUT2D eigenvalue weighted by Gasteiger charge is 2.02. The van der Waals surface area contributed by atoms with Gasteiger partial charge in [-0.1, -0.05) is 117 Å². The summed E-state index contributed by atoms with van der Waals surface area (Å²) in [6, 6.07) is 0. The van der Waals surface area contributed by atoms with Crippen LogP contribution in [0, 0.1) is 5.92 Å². The summed E-state index contributed by atoms with van der Waals surface area (Å²) in [5.74, 6) is 0.879. The van der Waals surface area contributed by atoms with Crippen LogP contribution in [0.25, 0.3) is 0 Å². The molecule has 0 aromatic carbocycles. The van der Waals surface area contributed by atoms with Gasteiger partial charge in [-0.05, 0) is 12.3 Å². The summed E-state index contributed by atoms with van der Waals surface area (Å²) in [7, 11) is 0. The molecule has 0 radical (unpaired) electrons. The first-order chi connectivity index (χ1) is 10.8. The number of alkyl halides is 1. The molecule has 0 aliphatic heterocycles. The second-order valence-electron chi connectivity index (χ2n) is 7.32. The first kappa shape index (κ1) is 21.9. The molecule has 0 aromatic heterocycles. The maximum atomic E-state index is 12.0. The molecule has 1 heteroatoms. The van der Waals surface area contributed by atoms with Gasteiger partial charge in [0.1, 0.15) is 0 Å². The Hall–Kier alpha value is -0.0700. The minimum Gasteiger partial charge on any atom is -0.251 e. The van der Waals surface area contributed by atoms with Gasteiger partial charge >= 0.3 is 0 Å². The second kappa shape index (κ2) is 19.0. The van der Waals surface area contributed by atoms with Crippen molar-refractivity contribution in [3.8, 4) is 0 Å². The Kier molecular flexibility index (Phi) is 18.9. The van der Waals surface area contributed by atoms with Gasteiger partial charge < -0.3 is 0 Å². The molecule has 0 aromatic rings. The minimum atomic E-state index is -0.131. The van der Waals surface area contributed by atoms with E-state index >= 15 is 0 Å². The third kappa shape index (κ3) is 18.0. The van der Waals surface area contributed by atoms with E-state index in [1.54, 1.807) is 0 Å². The highest BCUT2D eigenvalue weighted by molar-refractivity contribution is 4.56. The van der Waals surface area contributed by atoms with Crippen LogP contribution in [0.15, 0.2) is 0 Å². The largest absolute Gasteiger partial charge is 0.251 e. The van der Waals surface area contributed by atoms with Crippen LogP contribution >= 0.6 is 0 Å². The lowest BCUT2D eigenvalue weighted by Gasteiger charge is -2.10. The zero-order chi connectivity index (χ0) is 16.3. The zero-order valence-corrected chi connectivity index (χ0v) is 15.7. The fourth-order valence-corrected chi connectivity index (χ4v) is 3.24. The first-order valence-electron chi connectivity index (χ1n) is 10.4. The number of halogens is 1. The van der Waals surface area contributed by atoms with E-state index in [4.69, 9.17) is 0 Å². The highest BCUT2D eigenvalue weighted by atomic mass is 19.1. The van der Waals surface area contributed by atoms with E-state index in [-0.39, 0.29) is 6.67 Å². The Bertz CT molecular complexity index is 190. The summed E-state index contributed by atoms with van der Waals surface area (Å²) in [5.41, 5.74) is 0. The predicted molar refractivity (Wildman–Crippen MR) is 99.3 cm³/mol. The van der Waals surface area contributed by atoms with Crippen molar-refractivity contribution < 1.29 is 4.39 Å². The molecule has 0 heterocycles. The standard InChI is InChI=1S/C21H43F/c1-3-4-5-6-7-8-9-10-11-12-15-18-21(2)19-16-13-14-17-20-22/h21H,3-20H2,1-2H3. The minimum absolute atomic E-state index is 0.131. The fourth-order valence-electron chi connectivity index (χ4n) is 3.24. The van der Waals surface area contributed by atoms with Gasteiger partial charge in [0.2, 0.25) is 0 Å². The van der Waals surface area contributed by atoms with Crippen molar-refractivity contribution in [3.63, 3.8) is 0 Å². The van der Waals surface area contributed by atoms with Crippen LogP contribution in [0.3, 0.4) is 0 Å². The lowest BCUT2D eigenvalue weighted by molar-refractivity contribution is 0.417. The molecule has 0 saturated carbocycles. The molecule has 134 valence electrons. The van der Waals surface area contributed by atoms with E-state index in [0.29, 0.717) is 0 Å². The molecule has 0 aliphatic rings. The van der Waals surface area contributed by atoms with E-state index in [1.165, 1.54) is 96.3 Å². The number of hydrogen-bond acceptors (Lipinski definition) is 0. The van der Waals surface area contributed by atoms with Crippen molar-refractivity contribution >= 4 is 0 Å². The topological polar surface area (TPSA) is 0 Å². The molecule has 0 N–H and O–H groups in total. The Morgan fingerprint density at radius 3 is 1.32 bits per heavy atom. The van der Waals surface area contributed by atoms with Gasteiger partial charge in [-0.15, -0.1) is 0 Å². The lowest BCUT2D eigenvalue weighted by atomic mass is 9.96. The molecular formula is C21H43F. The van der Waals surface area contributed by atoms with Crippen molar-refractivity contribution in [1.29, 1.82) is 0 Å². The van der Waals surface area contributed by atoms with Gasteiger partial charge in [-0.25, -0.2) is 0 Å². The molecule has 0 amide bonds. The molecule has 22 heavy (non-hydrogen) atoms. The lowest BCUT2D eigenvalue weighted by Crippen LogP contribution is -1.95. The Morgan fingerprint density at radius 1 is 0.545 bits per heavy atom. The molecule has 0 spiro atoms. The Balaban J connectivity index is 3.09.